The van der Waals surface area contributed by atoms with E-state index in [9.17, 15) is 8.42 Å². The maximum atomic E-state index is 12.6. The van der Waals surface area contributed by atoms with E-state index in [1.807, 2.05) is 24.3 Å². The normalized spacial score (nSPS) is 11.2. The van der Waals surface area contributed by atoms with Crippen LogP contribution in [0.4, 0.5) is 5.69 Å². The molecule has 0 aliphatic rings. The number of hydrogen-bond donors (Lipinski definition) is 1. The lowest BCUT2D eigenvalue weighted by Gasteiger charge is -2.10. The lowest BCUT2D eigenvalue weighted by molar-refractivity contribution is 0.354. The topological polar surface area (TPSA) is 82.5 Å². The first-order valence-electron chi connectivity index (χ1n) is 7.93. The van der Waals surface area contributed by atoms with Crippen LogP contribution in [-0.4, -0.2) is 32.4 Å². The van der Waals surface area contributed by atoms with Crippen molar-refractivity contribution in [3.8, 4) is 11.5 Å². The first-order chi connectivity index (χ1) is 12.9. The van der Waals surface area contributed by atoms with Gasteiger partial charge >= 0.3 is 0 Å². The monoisotopic (exact) mass is 451 g/mol. The van der Waals surface area contributed by atoms with Gasteiger partial charge in [0.1, 0.15) is 0 Å². The largest absolute Gasteiger partial charge is 0.493 e. The van der Waals surface area contributed by atoms with E-state index in [-0.39, 0.29) is 4.90 Å². The van der Waals surface area contributed by atoms with Crippen LogP contribution in [-0.2, 0) is 16.6 Å². The van der Waals surface area contributed by atoms with Gasteiger partial charge in [-0.3, -0.25) is 9.40 Å². The minimum Gasteiger partial charge on any atom is -0.493 e. The highest BCUT2D eigenvalue weighted by Gasteiger charge is 2.18. The first kappa shape index (κ1) is 19.2. The van der Waals surface area contributed by atoms with E-state index in [0.717, 1.165) is 10.0 Å². The van der Waals surface area contributed by atoms with Gasteiger partial charge in [0.2, 0.25) is 0 Å². The predicted octanol–water partition coefficient (Wildman–Crippen LogP) is 3.51. The van der Waals surface area contributed by atoms with Crippen molar-refractivity contribution >= 4 is 31.6 Å². The van der Waals surface area contributed by atoms with Crippen LogP contribution in [0.3, 0.4) is 0 Å². The minimum absolute atomic E-state index is 0.0702. The van der Waals surface area contributed by atoms with Gasteiger partial charge in [-0.15, -0.1) is 0 Å². The number of halogens is 1. The molecule has 2 aromatic carbocycles. The van der Waals surface area contributed by atoms with Crippen LogP contribution in [0.25, 0.3) is 0 Å². The van der Waals surface area contributed by atoms with Crippen LogP contribution < -0.4 is 14.2 Å². The Morgan fingerprint density at radius 3 is 2.44 bits per heavy atom. The number of nitrogens with one attached hydrogen (secondary N) is 1. The van der Waals surface area contributed by atoms with E-state index in [0.29, 0.717) is 23.7 Å². The number of hydrogen-bond acceptors (Lipinski definition) is 5. The van der Waals surface area contributed by atoms with Gasteiger partial charge in [0.15, 0.2) is 11.5 Å². The second-order valence-electron chi connectivity index (χ2n) is 5.68. The van der Waals surface area contributed by atoms with Gasteiger partial charge < -0.3 is 9.47 Å². The molecule has 0 radical (unpaired) electrons. The zero-order valence-corrected chi connectivity index (χ0v) is 17.1. The van der Waals surface area contributed by atoms with Crippen molar-refractivity contribution in [1.82, 2.24) is 9.78 Å². The molecule has 9 heteroatoms. The Morgan fingerprint density at radius 1 is 1.07 bits per heavy atom. The van der Waals surface area contributed by atoms with Crippen molar-refractivity contribution in [2.45, 2.75) is 11.4 Å². The smallest absolute Gasteiger partial charge is 0.262 e. The number of sulfonamides is 1. The van der Waals surface area contributed by atoms with Crippen LogP contribution in [0.2, 0.25) is 0 Å². The van der Waals surface area contributed by atoms with Crippen molar-refractivity contribution in [3.05, 3.63) is 64.9 Å². The number of anilines is 1. The minimum atomic E-state index is -3.78. The maximum absolute atomic E-state index is 12.6. The third-order valence-electron chi connectivity index (χ3n) is 3.81. The molecular weight excluding hydrogens is 434 g/mol. The Labute approximate surface area is 166 Å². The number of nitrogens with zero attached hydrogens (tertiary/aromatic N) is 2. The van der Waals surface area contributed by atoms with Crippen LogP contribution >= 0.6 is 15.9 Å². The molecule has 7 nitrogen and oxygen atoms in total. The number of methoxy groups -OCH3 is 2. The summed E-state index contributed by atoms with van der Waals surface area (Å²) in [4.78, 5) is 0.0702. The van der Waals surface area contributed by atoms with Crippen LogP contribution in [0.1, 0.15) is 5.56 Å². The predicted molar refractivity (Wildman–Crippen MR) is 106 cm³/mol. The lowest BCUT2D eigenvalue weighted by atomic mass is 10.2. The molecule has 0 unspecified atom stereocenters. The number of benzene rings is 2. The molecule has 1 heterocycles. The highest BCUT2D eigenvalue weighted by molar-refractivity contribution is 9.10. The van der Waals surface area contributed by atoms with E-state index < -0.39 is 10.0 Å². The highest BCUT2D eigenvalue weighted by Crippen LogP contribution is 2.30. The lowest BCUT2D eigenvalue weighted by Crippen LogP contribution is -2.12. The molecule has 1 N–H and O–H groups in total. The molecule has 0 atom stereocenters. The van der Waals surface area contributed by atoms with E-state index in [4.69, 9.17) is 9.47 Å². The summed E-state index contributed by atoms with van der Waals surface area (Å²) >= 11 is 3.39. The van der Waals surface area contributed by atoms with Gasteiger partial charge in [0.05, 0.1) is 37.5 Å². The molecule has 0 aliphatic carbocycles. The molecule has 0 spiro atoms. The molecule has 0 amide bonds. The quantitative estimate of drug-likeness (QED) is 0.594. The maximum Gasteiger partial charge on any atom is 0.262 e. The molecule has 0 bridgehead atoms. The van der Waals surface area contributed by atoms with Crippen molar-refractivity contribution in [1.29, 1.82) is 0 Å². The molecular formula is C18H18BrN3O4S. The van der Waals surface area contributed by atoms with Crippen LogP contribution in [0.15, 0.2) is 64.2 Å². The second kappa shape index (κ2) is 8.01. The van der Waals surface area contributed by atoms with E-state index in [2.05, 4.69) is 25.8 Å². The summed E-state index contributed by atoms with van der Waals surface area (Å²) in [6.45, 7) is 0.533. The molecule has 3 rings (SSSR count). The van der Waals surface area contributed by atoms with Crippen LogP contribution in [0, 0.1) is 0 Å². The van der Waals surface area contributed by atoms with Crippen molar-refractivity contribution in [2.75, 3.05) is 18.9 Å². The summed E-state index contributed by atoms with van der Waals surface area (Å²) in [5.74, 6) is 0.796. The highest BCUT2D eigenvalue weighted by atomic mass is 79.9. The first-order valence-corrected chi connectivity index (χ1v) is 10.2. The van der Waals surface area contributed by atoms with E-state index in [1.165, 1.54) is 32.5 Å². The van der Waals surface area contributed by atoms with Crippen molar-refractivity contribution in [3.63, 3.8) is 0 Å². The van der Waals surface area contributed by atoms with Gasteiger partial charge in [-0.1, -0.05) is 28.1 Å². The number of aromatic nitrogens is 2. The molecule has 0 saturated heterocycles. The summed E-state index contributed by atoms with van der Waals surface area (Å²) in [7, 11) is -0.839. The van der Waals surface area contributed by atoms with Gasteiger partial charge in [-0.2, -0.15) is 5.10 Å². The van der Waals surface area contributed by atoms with Crippen molar-refractivity contribution in [2.24, 2.45) is 0 Å². The molecule has 0 aliphatic heterocycles. The average molecular weight is 452 g/mol. The number of rotatable bonds is 7. The summed E-state index contributed by atoms with van der Waals surface area (Å²) in [5, 5.41) is 4.21. The standard InChI is InChI=1S/C18H18BrN3O4S/c1-25-17-8-7-16(9-18(17)26-2)27(23,24)21-15-10-20-22(12-15)11-13-3-5-14(19)6-4-13/h3-10,12,21H,11H2,1-2H3. The fourth-order valence-corrected chi connectivity index (χ4v) is 3.78. The van der Waals surface area contributed by atoms with E-state index >= 15 is 0 Å². The molecule has 142 valence electrons. The summed E-state index contributed by atoms with van der Waals surface area (Å²) < 4.78 is 40.7. The second-order valence-corrected chi connectivity index (χ2v) is 8.27. The molecule has 0 fully saturated rings. The van der Waals surface area contributed by atoms with Gasteiger partial charge in [-0.05, 0) is 29.8 Å². The molecule has 1 aromatic heterocycles. The fraction of sp³-hybridized carbons (Fsp3) is 0.167. The Balaban J connectivity index is 1.76. The van der Waals surface area contributed by atoms with E-state index in [1.54, 1.807) is 16.9 Å². The average Bonchev–Trinajstić information content (AvgIpc) is 3.09. The zero-order valence-electron chi connectivity index (χ0n) is 14.7. The van der Waals surface area contributed by atoms with Crippen molar-refractivity contribution < 1.29 is 17.9 Å². The Bertz CT molecular complexity index is 1030. The fourth-order valence-electron chi connectivity index (χ4n) is 2.48. The van der Waals surface area contributed by atoms with Crippen LogP contribution in [0.5, 0.6) is 11.5 Å². The zero-order chi connectivity index (χ0) is 19.4. The number of ether oxygens (including phenoxy) is 2. The Hall–Kier alpha value is -2.52. The van der Waals surface area contributed by atoms with Gasteiger partial charge in [0, 0.05) is 16.7 Å². The molecule has 0 saturated carbocycles. The third-order valence-corrected chi connectivity index (χ3v) is 5.72. The summed E-state index contributed by atoms with van der Waals surface area (Å²) in [5.41, 5.74) is 1.43. The SMILES string of the molecule is COc1ccc(S(=O)(=O)Nc2cnn(Cc3ccc(Br)cc3)c2)cc1OC. The molecule has 3 aromatic rings. The Kier molecular flexibility index (Phi) is 5.71. The molecule has 27 heavy (non-hydrogen) atoms. The summed E-state index contributed by atoms with van der Waals surface area (Å²) in [6, 6.07) is 12.2. The third kappa shape index (κ3) is 4.61. The Morgan fingerprint density at radius 2 is 1.78 bits per heavy atom. The van der Waals surface area contributed by atoms with Gasteiger partial charge in [0.25, 0.3) is 10.0 Å². The summed E-state index contributed by atoms with van der Waals surface area (Å²) in [6.07, 6.45) is 3.11. The van der Waals surface area contributed by atoms with Gasteiger partial charge in [-0.25, -0.2) is 8.42 Å².